The van der Waals surface area contributed by atoms with Crippen LogP contribution < -0.4 is 0 Å². The lowest BCUT2D eigenvalue weighted by Gasteiger charge is -1.99. The molecule has 2 aromatic heterocycles. The maximum atomic E-state index is 11.2. The fourth-order valence-corrected chi connectivity index (χ4v) is 1.54. The van der Waals surface area contributed by atoms with Crippen LogP contribution in [0.4, 0.5) is 0 Å². The van der Waals surface area contributed by atoms with Gasteiger partial charge in [0.2, 0.25) is 0 Å². The predicted molar refractivity (Wildman–Crippen MR) is 50.2 cm³/mol. The van der Waals surface area contributed by atoms with E-state index in [1.54, 1.807) is 29.1 Å². The summed E-state index contributed by atoms with van der Waals surface area (Å²) in [5, 5.41) is 0.366. The van der Waals surface area contributed by atoms with Crippen LogP contribution in [0.3, 0.4) is 0 Å². The molecule has 2 aromatic rings. The molecule has 0 N–H and O–H groups in total. The predicted octanol–water partition coefficient (Wildman–Crippen LogP) is 2.19. The average molecular weight is 195 g/mol. The molecule has 3 nitrogen and oxygen atoms in total. The van der Waals surface area contributed by atoms with Crippen molar-refractivity contribution in [2.24, 2.45) is 0 Å². The molecular formula is C9H7ClN2O. The van der Waals surface area contributed by atoms with Gasteiger partial charge in [-0.2, -0.15) is 0 Å². The van der Waals surface area contributed by atoms with Gasteiger partial charge in [-0.25, -0.2) is 4.98 Å². The summed E-state index contributed by atoms with van der Waals surface area (Å²) in [6, 6.07) is 3.53. The Bertz CT molecular complexity index is 475. The minimum Gasteiger partial charge on any atom is -0.304 e. The fourth-order valence-electron chi connectivity index (χ4n) is 1.30. The normalized spacial score (nSPS) is 10.6. The zero-order valence-electron chi connectivity index (χ0n) is 6.99. The Balaban J connectivity index is 2.88. The molecule has 2 rings (SSSR count). The van der Waals surface area contributed by atoms with E-state index in [1.165, 1.54) is 6.92 Å². The zero-order valence-corrected chi connectivity index (χ0v) is 7.75. The molecule has 0 amide bonds. The molecule has 13 heavy (non-hydrogen) atoms. The third kappa shape index (κ3) is 1.21. The van der Waals surface area contributed by atoms with Gasteiger partial charge in [0.1, 0.15) is 6.33 Å². The molecule has 0 spiro atoms. The van der Waals surface area contributed by atoms with Crippen molar-refractivity contribution >= 4 is 22.9 Å². The van der Waals surface area contributed by atoms with Crippen molar-refractivity contribution in [3.63, 3.8) is 0 Å². The summed E-state index contributed by atoms with van der Waals surface area (Å²) < 4.78 is 1.74. The summed E-state index contributed by atoms with van der Waals surface area (Å²) in [4.78, 5) is 15.1. The SMILES string of the molecule is CC(=O)c1cccn2cnc(Cl)c12. The number of aromatic nitrogens is 2. The maximum absolute atomic E-state index is 11.2. The highest BCUT2D eigenvalue weighted by molar-refractivity contribution is 6.33. The number of halogens is 1. The first-order chi connectivity index (χ1) is 6.20. The van der Waals surface area contributed by atoms with Gasteiger partial charge in [0.15, 0.2) is 10.9 Å². The molecule has 0 aliphatic rings. The second-order valence-electron chi connectivity index (χ2n) is 2.77. The van der Waals surface area contributed by atoms with Crippen LogP contribution in [0.15, 0.2) is 24.7 Å². The third-order valence-corrected chi connectivity index (χ3v) is 2.17. The van der Waals surface area contributed by atoms with Gasteiger partial charge in [0.25, 0.3) is 0 Å². The number of pyridine rings is 1. The number of imidazole rings is 1. The van der Waals surface area contributed by atoms with Crippen molar-refractivity contribution in [2.75, 3.05) is 0 Å². The molecule has 0 atom stereocenters. The maximum Gasteiger partial charge on any atom is 0.162 e. The molecule has 0 radical (unpaired) electrons. The second kappa shape index (κ2) is 2.85. The van der Waals surface area contributed by atoms with E-state index in [-0.39, 0.29) is 5.78 Å². The van der Waals surface area contributed by atoms with E-state index in [0.29, 0.717) is 16.2 Å². The number of Topliss-reactive ketones (excluding diaryl/α,β-unsaturated/α-hetero) is 1. The lowest BCUT2D eigenvalue weighted by atomic mass is 10.2. The van der Waals surface area contributed by atoms with Crippen LogP contribution >= 0.6 is 11.6 Å². The van der Waals surface area contributed by atoms with Gasteiger partial charge < -0.3 is 4.40 Å². The molecule has 0 aromatic carbocycles. The topological polar surface area (TPSA) is 34.4 Å². The first-order valence-corrected chi connectivity index (χ1v) is 4.20. The van der Waals surface area contributed by atoms with Crippen LogP contribution in [0.25, 0.3) is 5.52 Å². The van der Waals surface area contributed by atoms with Crippen LogP contribution in [0.1, 0.15) is 17.3 Å². The standard InChI is InChI=1S/C9H7ClN2O/c1-6(13)7-3-2-4-12-5-11-9(10)8(7)12/h2-5H,1H3. The van der Waals surface area contributed by atoms with Crippen molar-refractivity contribution in [2.45, 2.75) is 6.92 Å². The molecular weight excluding hydrogens is 188 g/mol. The molecule has 0 aliphatic carbocycles. The van der Waals surface area contributed by atoms with Crippen molar-refractivity contribution in [3.8, 4) is 0 Å². The quantitative estimate of drug-likeness (QED) is 0.653. The monoisotopic (exact) mass is 194 g/mol. The number of hydrogen-bond acceptors (Lipinski definition) is 2. The Morgan fingerprint density at radius 1 is 1.62 bits per heavy atom. The Kier molecular flexibility index (Phi) is 1.81. The molecule has 2 heterocycles. The van der Waals surface area contributed by atoms with Crippen molar-refractivity contribution in [3.05, 3.63) is 35.4 Å². The van der Waals surface area contributed by atoms with E-state index < -0.39 is 0 Å². The minimum atomic E-state index is -0.00648. The zero-order chi connectivity index (χ0) is 9.42. The third-order valence-electron chi connectivity index (χ3n) is 1.89. The van der Waals surface area contributed by atoms with Gasteiger partial charge in [-0.3, -0.25) is 4.79 Å². The smallest absolute Gasteiger partial charge is 0.162 e. The van der Waals surface area contributed by atoms with Gasteiger partial charge in [0, 0.05) is 11.8 Å². The molecule has 0 bridgehead atoms. The summed E-state index contributed by atoms with van der Waals surface area (Å²) in [6.07, 6.45) is 3.39. The molecule has 4 heteroatoms. The lowest BCUT2D eigenvalue weighted by molar-refractivity contribution is 0.101. The first-order valence-electron chi connectivity index (χ1n) is 3.82. The van der Waals surface area contributed by atoms with Crippen LogP contribution in [0.2, 0.25) is 5.15 Å². The number of ketones is 1. The molecule has 66 valence electrons. The van der Waals surface area contributed by atoms with E-state index in [4.69, 9.17) is 11.6 Å². The van der Waals surface area contributed by atoms with Crippen molar-refractivity contribution in [1.29, 1.82) is 0 Å². The van der Waals surface area contributed by atoms with E-state index in [1.807, 2.05) is 0 Å². The number of carbonyl (C=O) groups excluding carboxylic acids is 1. The van der Waals surface area contributed by atoms with E-state index in [2.05, 4.69) is 4.98 Å². The highest BCUT2D eigenvalue weighted by atomic mass is 35.5. The fraction of sp³-hybridized carbons (Fsp3) is 0.111. The number of nitrogens with zero attached hydrogens (tertiary/aromatic N) is 2. The van der Waals surface area contributed by atoms with E-state index in [0.717, 1.165) is 0 Å². The highest BCUT2D eigenvalue weighted by Crippen LogP contribution is 2.19. The number of rotatable bonds is 1. The second-order valence-corrected chi connectivity index (χ2v) is 3.13. The van der Waals surface area contributed by atoms with Crippen LogP contribution in [-0.4, -0.2) is 15.2 Å². The molecule has 0 saturated heterocycles. The van der Waals surface area contributed by atoms with Gasteiger partial charge in [-0.1, -0.05) is 11.6 Å². The number of carbonyl (C=O) groups is 1. The van der Waals surface area contributed by atoms with Gasteiger partial charge in [0.05, 0.1) is 5.52 Å². The summed E-state index contributed by atoms with van der Waals surface area (Å²) in [6.45, 7) is 1.51. The first kappa shape index (κ1) is 8.26. The lowest BCUT2D eigenvalue weighted by Crippen LogP contribution is -1.95. The average Bonchev–Trinajstić information content (AvgIpc) is 2.48. The molecule has 0 saturated carbocycles. The highest BCUT2D eigenvalue weighted by Gasteiger charge is 2.09. The summed E-state index contributed by atoms with van der Waals surface area (Å²) >= 11 is 5.84. The van der Waals surface area contributed by atoms with Crippen LogP contribution in [0, 0.1) is 0 Å². The summed E-state index contributed by atoms with van der Waals surface area (Å²) in [5.41, 5.74) is 1.28. The summed E-state index contributed by atoms with van der Waals surface area (Å²) in [7, 11) is 0. The molecule has 0 fully saturated rings. The van der Waals surface area contributed by atoms with Gasteiger partial charge in [-0.05, 0) is 19.1 Å². The van der Waals surface area contributed by atoms with Crippen LogP contribution in [-0.2, 0) is 0 Å². The van der Waals surface area contributed by atoms with Crippen molar-refractivity contribution in [1.82, 2.24) is 9.38 Å². The largest absolute Gasteiger partial charge is 0.304 e. The minimum absolute atomic E-state index is 0.00648. The Hall–Kier alpha value is -1.35. The summed E-state index contributed by atoms with van der Waals surface area (Å²) in [5.74, 6) is -0.00648. The molecule has 0 unspecified atom stereocenters. The number of hydrogen-bond donors (Lipinski definition) is 0. The Morgan fingerprint density at radius 3 is 3.08 bits per heavy atom. The van der Waals surface area contributed by atoms with Gasteiger partial charge in [-0.15, -0.1) is 0 Å². The molecule has 0 aliphatic heterocycles. The Labute approximate surface area is 80.0 Å². The number of fused-ring (bicyclic) bond motifs is 1. The van der Waals surface area contributed by atoms with E-state index >= 15 is 0 Å². The van der Waals surface area contributed by atoms with Crippen molar-refractivity contribution < 1.29 is 4.79 Å². The van der Waals surface area contributed by atoms with Gasteiger partial charge >= 0.3 is 0 Å². The Morgan fingerprint density at radius 2 is 2.38 bits per heavy atom. The van der Waals surface area contributed by atoms with E-state index in [9.17, 15) is 4.79 Å². The van der Waals surface area contributed by atoms with Crippen LogP contribution in [0.5, 0.6) is 0 Å².